The average molecular weight is 172 g/mol. The Morgan fingerprint density at radius 2 is 2.00 bits per heavy atom. The molecule has 0 bridgehead atoms. The molecule has 0 radical (unpaired) electrons. The Labute approximate surface area is 72.5 Å². The van der Waals surface area contributed by atoms with E-state index in [4.69, 9.17) is 10.5 Å². The molecule has 4 nitrogen and oxygen atoms in total. The number of hydrogen-bond acceptors (Lipinski definition) is 3. The maximum atomic E-state index is 10.9. The SMILES string of the molecule is CNC(=O)OC1(N)CCCCC1. The van der Waals surface area contributed by atoms with Crippen LogP contribution in [0, 0.1) is 0 Å². The van der Waals surface area contributed by atoms with E-state index < -0.39 is 11.8 Å². The van der Waals surface area contributed by atoms with Crippen LogP contribution in [0.3, 0.4) is 0 Å². The predicted molar refractivity (Wildman–Crippen MR) is 45.5 cm³/mol. The van der Waals surface area contributed by atoms with Crippen molar-refractivity contribution in [1.82, 2.24) is 5.32 Å². The third-order valence-electron chi connectivity index (χ3n) is 2.20. The molecule has 0 atom stereocenters. The second-order valence-electron chi connectivity index (χ2n) is 3.26. The van der Waals surface area contributed by atoms with Gasteiger partial charge in [0.15, 0.2) is 5.72 Å². The highest BCUT2D eigenvalue weighted by molar-refractivity contribution is 5.67. The van der Waals surface area contributed by atoms with Crippen LogP contribution in [-0.4, -0.2) is 18.9 Å². The van der Waals surface area contributed by atoms with Crippen LogP contribution in [0.5, 0.6) is 0 Å². The van der Waals surface area contributed by atoms with Gasteiger partial charge >= 0.3 is 6.09 Å². The summed E-state index contributed by atoms with van der Waals surface area (Å²) in [6.45, 7) is 0. The van der Waals surface area contributed by atoms with Gasteiger partial charge in [0.2, 0.25) is 0 Å². The Bertz CT molecular complexity index is 164. The zero-order valence-corrected chi connectivity index (χ0v) is 7.43. The summed E-state index contributed by atoms with van der Waals surface area (Å²) in [5.74, 6) is 0. The Morgan fingerprint density at radius 1 is 1.42 bits per heavy atom. The number of amides is 1. The standard InChI is InChI=1S/C8H16N2O2/c1-10-7(11)12-8(9)5-3-2-4-6-8/h2-6,9H2,1H3,(H,10,11). The summed E-state index contributed by atoms with van der Waals surface area (Å²) in [6.07, 6.45) is 4.41. The van der Waals surface area contributed by atoms with Crippen molar-refractivity contribution in [3.05, 3.63) is 0 Å². The van der Waals surface area contributed by atoms with E-state index in [0.29, 0.717) is 0 Å². The lowest BCUT2D eigenvalue weighted by molar-refractivity contribution is -0.0108. The quantitative estimate of drug-likeness (QED) is 0.579. The molecule has 1 amide bonds. The van der Waals surface area contributed by atoms with E-state index in [1.165, 1.54) is 13.5 Å². The second-order valence-corrected chi connectivity index (χ2v) is 3.26. The van der Waals surface area contributed by atoms with Crippen LogP contribution in [0.4, 0.5) is 4.79 Å². The smallest absolute Gasteiger partial charge is 0.408 e. The van der Waals surface area contributed by atoms with Gasteiger partial charge in [-0.25, -0.2) is 4.79 Å². The highest BCUT2D eigenvalue weighted by Crippen LogP contribution is 2.26. The van der Waals surface area contributed by atoms with Crippen molar-refractivity contribution in [2.75, 3.05) is 7.05 Å². The molecule has 70 valence electrons. The van der Waals surface area contributed by atoms with E-state index in [-0.39, 0.29) is 0 Å². The normalized spacial score (nSPS) is 21.5. The van der Waals surface area contributed by atoms with E-state index in [1.54, 1.807) is 0 Å². The number of alkyl carbamates (subject to hydrolysis) is 1. The van der Waals surface area contributed by atoms with Gasteiger partial charge in [-0.2, -0.15) is 0 Å². The molecular formula is C8H16N2O2. The van der Waals surface area contributed by atoms with Gasteiger partial charge in [-0.1, -0.05) is 6.42 Å². The minimum Gasteiger partial charge on any atom is -0.428 e. The number of rotatable bonds is 1. The molecule has 0 aromatic heterocycles. The maximum absolute atomic E-state index is 10.9. The van der Waals surface area contributed by atoms with E-state index >= 15 is 0 Å². The first-order valence-corrected chi connectivity index (χ1v) is 4.36. The van der Waals surface area contributed by atoms with Gasteiger partial charge in [-0.15, -0.1) is 0 Å². The molecule has 1 fully saturated rings. The lowest BCUT2D eigenvalue weighted by atomic mass is 9.92. The third-order valence-corrected chi connectivity index (χ3v) is 2.20. The predicted octanol–water partition coefficient (Wildman–Crippen LogP) is 0.961. The van der Waals surface area contributed by atoms with Gasteiger partial charge in [0, 0.05) is 19.9 Å². The first kappa shape index (κ1) is 9.32. The van der Waals surface area contributed by atoms with E-state index in [1.807, 2.05) is 0 Å². The van der Waals surface area contributed by atoms with Crippen molar-refractivity contribution in [3.8, 4) is 0 Å². The van der Waals surface area contributed by atoms with Crippen molar-refractivity contribution >= 4 is 6.09 Å². The van der Waals surface area contributed by atoms with Crippen molar-refractivity contribution in [2.45, 2.75) is 37.8 Å². The number of hydrogen-bond donors (Lipinski definition) is 2. The molecule has 0 saturated heterocycles. The second kappa shape index (κ2) is 3.76. The van der Waals surface area contributed by atoms with Gasteiger partial charge in [-0.05, 0) is 12.8 Å². The Kier molecular flexibility index (Phi) is 2.92. The van der Waals surface area contributed by atoms with E-state index in [9.17, 15) is 4.79 Å². The van der Waals surface area contributed by atoms with Gasteiger partial charge in [-0.3, -0.25) is 5.73 Å². The summed E-state index contributed by atoms with van der Waals surface area (Å²) in [6, 6.07) is 0. The molecule has 0 aromatic rings. The maximum Gasteiger partial charge on any atom is 0.408 e. The molecule has 0 spiro atoms. The molecule has 0 unspecified atom stereocenters. The number of ether oxygens (including phenoxy) is 1. The van der Waals surface area contributed by atoms with Gasteiger partial charge in [0.25, 0.3) is 0 Å². The fourth-order valence-corrected chi connectivity index (χ4v) is 1.49. The largest absolute Gasteiger partial charge is 0.428 e. The minimum atomic E-state index is -0.710. The fourth-order valence-electron chi connectivity index (χ4n) is 1.49. The first-order valence-electron chi connectivity index (χ1n) is 4.36. The molecule has 4 heteroatoms. The first-order chi connectivity index (χ1) is 5.66. The average Bonchev–Trinajstić information content (AvgIpc) is 2.05. The highest BCUT2D eigenvalue weighted by Gasteiger charge is 2.30. The molecule has 0 heterocycles. The van der Waals surface area contributed by atoms with Crippen LogP contribution in [0.25, 0.3) is 0 Å². The molecule has 1 aliphatic carbocycles. The summed E-state index contributed by atoms with van der Waals surface area (Å²) >= 11 is 0. The zero-order chi connectivity index (χ0) is 9.03. The number of carbonyl (C=O) groups is 1. The lowest BCUT2D eigenvalue weighted by Gasteiger charge is -2.32. The Morgan fingerprint density at radius 3 is 2.50 bits per heavy atom. The molecule has 0 aliphatic heterocycles. The van der Waals surface area contributed by atoms with Crippen LogP contribution in [0.2, 0.25) is 0 Å². The summed E-state index contributed by atoms with van der Waals surface area (Å²) in [5.41, 5.74) is 5.14. The fraction of sp³-hybridized carbons (Fsp3) is 0.875. The van der Waals surface area contributed by atoms with Gasteiger partial charge < -0.3 is 10.1 Å². The monoisotopic (exact) mass is 172 g/mol. The summed E-state index contributed by atoms with van der Waals surface area (Å²) in [7, 11) is 1.54. The van der Waals surface area contributed by atoms with Crippen molar-refractivity contribution in [2.24, 2.45) is 5.73 Å². The molecule has 1 aliphatic rings. The Hall–Kier alpha value is -0.770. The number of nitrogens with two attached hydrogens (primary N) is 1. The lowest BCUT2D eigenvalue weighted by Crippen LogP contribution is -2.47. The van der Waals surface area contributed by atoms with Crippen LogP contribution in [-0.2, 0) is 4.74 Å². The van der Waals surface area contributed by atoms with Crippen LogP contribution >= 0.6 is 0 Å². The van der Waals surface area contributed by atoms with E-state index in [0.717, 1.165) is 25.7 Å². The molecule has 1 saturated carbocycles. The number of nitrogens with one attached hydrogen (secondary N) is 1. The minimum absolute atomic E-state index is 0.431. The van der Waals surface area contributed by atoms with Gasteiger partial charge in [0.1, 0.15) is 0 Å². The van der Waals surface area contributed by atoms with Crippen molar-refractivity contribution in [1.29, 1.82) is 0 Å². The molecular weight excluding hydrogens is 156 g/mol. The van der Waals surface area contributed by atoms with Crippen LogP contribution < -0.4 is 11.1 Å². The summed E-state index contributed by atoms with van der Waals surface area (Å²) in [5, 5.41) is 2.40. The highest BCUT2D eigenvalue weighted by atomic mass is 16.6. The van der Waals surface area contributed by atoms with Crippen LogP contribution in [0.15, 0.2) is 0 Å². The third kappa shape index (κ3) is 2.37. The molecule has 12 heavy (non-hydrogen) atoms. The molecule has 3 N–H and O–H groups in total. The molecule has 0 aromatic carbocycles. The molecule has 1 rings (SSSR count). The van der Waals surface area contributed by atoms with Gasteiger partial charge in [0.05, 0.1) is 0 Å². The van der Waals surface area contributed by atoms with Crippen molar-refractivity contribution < 1.29 is 9.53 Å². The summed E-state index contributed by atoms with van der Waals surface area (Å²) < 4.78 is 5.06. The summed E-state index contributed by atoms with van der Waals surface area (Å²) in [4.78, 5) is 10.9. The number of carbonyl (C=O) groups excluding carboxylic acids is 1. The zero-order valence-electron chi connectivity index (χ0n) is 7.43. The van der Waals surface area contributed by atoms with E-state index in [2.05, 4.69) is 5.32 Å². The van der Waals surface area contributed by atoms with Crippen molar-refractivity contribution in [3.63, 3.8) is 0 Å². The van der Waals surface area contributed by atoms with Crippen LogP contribution in [0.1, 0.15) is 32.1 Å². The Balaban J connectivity index is 2.41. The topological polar surface area (TPSA) is 64.3 Å².